The van der Waals surface area contributed by atoms with Crippen LogP contribution >= 0.6 is 0 Å². The van der Waals surface area contributed by atoms with E-state index >= 15 is 0 Å². The highest BCUT2D eigenvalue weighted by Crippen LogP contribution is 2.37. The molecule has 0 amide bonds. The molecule has 0 aliphatic carbocycles. The van der Waals surface area contributed by atoms with Crippen LogP contribution in [0.15, 0.2) is 36.7 Å². The molecule has 1 aliphatic heterocycles. The van der Waals surface area contributed by atoms with E-state index < -0.39 is 0 Å². The summed E-state index contributed by atoms with van der Waals surface area (Å²) >= 11 is 0. The second kappa shape index (κ2) is 5.49. The minimum atomic E-state index is -0.0832. The molecule has 2 aromatic rings. The molecule has 3 nitrogen and oxygen atoms in total. The number of aryl methyl sites for hydroxylation is 1. The standard InChI is InChI=1S/C18H22N2O/c1-13-10-19-8-7-15(13)11-20-12-16-6-4-5-14-9-18(2,3)21-17(14)16/h4-8,10,20H,9,11-12H2,1-3H3. The number of aromatic nitrogens is 1. The first-order valence-corrected chi connectivity index (χ1v) is 7.45. The monoisotopic (exact) mass is 282 g/mol. The van der Waals surface area contributed by atoms with Crippen LogP contribution < -0.4 is 10.1 Å². The van der Waals surface area contributed by atoms with E-state index in [0.29, 0.717) is 0 Å². The van der Waals surface area contributed by atoms with Gasteiger partial charge in [0, 0.05) is 37.5 Å². The fourth-order valence-corrected chi connectivity index (χ4v) is 2.85. The Morgan fingerprint density at radius 2 is 2.00 bits per heavy atom. The van der Waals surface area contributed by atoms with Gasteiger partial charge in [-0.1, -0.05) is 18.2 Å². The van der Waals surface area contributed by atoms with Crippen LogP contribution in [0.25, 0.3) is 0 Å². The lowest BCUT2D eigenvalue weighted by Gasteiger charge is -2.18. The summed E-state index contributed by atoms with van der Waals surface area (Å²) in [6.07, 6.45) is 4.73. The Bertz CT molecular complexity index is 649. The van der Waals surface area contributed by atoms with Crippen LogP contribution in [-0.2, 0) is 19.5 Å². The summed E-state index contributed by atoms with van der Waals surface area (Å²) in [5.41, 5.74) is 4.99. The number of benzene rings is 1. The minimum absolute atomic E-state index is 0.0832. The van der Waals surface area contributed by atoms with Crippen molar-refractivity contribution in [1.82, 2.24) is 10.3 Å². The Morgan fingerprint density at radius 3 is 2.81 bits per heavy atom. The van der Waals surface area contributed by atoms with E-state index in [0.717, 1.165) is 25.3 Å². The summed E-state index contributed by atoms with van der Waals surface area (Å²) in [6.45, 7) is 8.05. The zero-order valence-electron chi connectivity index (χ0n) is 12.9. The molecule has 1 N–H and O–H groups in total. The van der Waals surface area contributed by atoms with Gasteiger partial charge < -0.3 is 10.1 Å². The van der Waals surface area contributed by atoms with Crippen molar-refractivity contribution < 1.29 is 4.74 Å². The molecular weight excluding hydrogens is 260 g/mol. The Hall–Kier alpha value is -1.87. The lowest BCUT2D eigenvalue weighted by Crippen LogP contribution is -2.25. The highest BCUT2D eigenvalue weighted by molar-refractivity contribution is 5.45. The van der Waals surface area contributed by atoms with Gasteiger partial charge in [0.2, 0.25) is 0 Å². The lowest BCUT2D eigenvalue weighted by molar-refractivity contribution is 0.137. The molecule has 0 spiro atoms. The number of rotatable bonds is 4. The van der Waals surface area contributed by atoms with E-state index in [9.17, 15) is 0 Å². The van der Waals surface area contributed by atoms with Gasteiger partial charge >= 0.3 is 0 Å². The summed E-state index contributed by atoms with van der Waals surface area (Å²) in [4.78, 5) is 4.13. The van der Waals surface area contributed by atoms with Crippen molar-refractivity contribution in [2.75, 3.05) is 0 Å². The number of fused-ring (bicyclic) bond motifs is 1. The molecule has 0 saturated carbocycles. The molecule has 1 aliphatic rings. The second-order valence-electron chi connectivity index (χ2n) is 6.35. The van der Waals surface area contributed by atoms with Crippen molar-refractivity contribution in [1.29, 1.82) is 0 Å². The number of pyridine rings is 1. The lowest BCUT2D eigenvalue weighted by atomic mass is 10.0. The van der Waals surface area contributed by atoms with E-state index in [1.165, 1.54) is 22.3 Å². The SMILES string of the molecule is Cc1cnccc1CNCc1cccc2c1OC(C)(C)C2. The molecule has 0 bridgehead atoms. The van der Waals surface area contributed by atoms with Gasteiger partial charge in [0.15, 0.2) is 0 Å². The second-order valence-corrected chi connectivity index (χ2v) is 6.35. The molecule has 3 heteroatoms. The van der Waals surface area contributed by atoms with Gasteiger partial charge in [-0.05, 0) is 43.5 Å². The molecule has 21 heavy (non-hydrogen) atoms. The van der Waals surface area contributed by atoms with Crippen LogP contribution in [0.3, 0.4) is 0 Å². The number of hydrogen-bond donors (Lipinski definition) is 1. The van der Waals surface area contributed by atoms with E-state index in [2.05, 4.69) is 55.3 Å². The Morgan fingerprint density at radius 1 is 1.19 bits per heavy atom. The summed E-state index contributed by atoms with van der Waals surface area (Å²) in [5, 5.41) is 3.51. The average Bonchev–Trinajstić information content (AvgIpc) is 2.76. The third-order valence-corrected chi connectivity index (χ3v) is 3.94. The van der Waals surface area contributed by atoms with Crippen molar-refractivity contribution in [3.05, 3.63) is 58.9 Å². The van der Waals surface area contributed by atoms with E-state index in [4.69, 9.17) is 4.74 Å². The van der Waals surface area contributed by atoms with Crippen molar-refractivity contribution in [2.24, 2.45) is 0 Å². The van der Waals surface area contributed by atoms with Crippen molar-refractivity contribution in [3.63, 3.8) is 0 Å². The van der Waals surface area contributed by atoms with Crippen LogP contribution in [0.1, 0.15) is 36.1 Å². The Labute approximate surface area is 126 Å². The topological polar surface area (TPSA) is 34.2 Å². The molecule has 0 fully saturated rings. The Balaban J connectivity index is 1.68. The van der Waals surface area contributed by atoms with Crippen LogP contribution in [0, 0.1) is 6.92 Å². The van der Waals surface area contributed by atoms with Crippen LogP contribution in [0.4, 0.5) is 0 Å². The van der Waals surface area contributed by atoms with E-state index in [1.807, 2.05) is 12.4 Å². The maximum Gasteiger partial charge on any atom is 0.127 e. The van der Waals surface area contributed by atoms with Crippen LogP contribution in [-0.4, -0.2) is 10.6 Å². The maximum atomic E-state index is 6.10. The predicted molar refractivity (Wildman–Crippen MR) is 84.4 cm³/mol. The van der Waals surface area contributed by atoms with Gasteiger partial charge in [-0.2, -0.15) is 0 Å². The first-order valence-electron chi connectivity index (χ1n) is 7.45. The molecule has 2 heterocycles. The van der Waals surface area contributed by atoms with E-state index in [1.54, 1.807) is 0 Å². The van der Waals surface area contributed by atoms with Crippen LogP contribution in [0.5, 0.6) is 5.75 Å². The van der Waals surface area contributed by atoms with E-state index in [-0.39, 0.29) is 5.60 Å². The quantitative estimate of drug-likeness (QED) is 0.933. The predicted octanol–water partition coefficient (Wildman–Crippen LogP) is 3.39. The molecular formula is C18H22N2O. The zero-order chi connectivity index (χ0) is 14.9. The maximum absolute atomic E-state index is 6.10. The highest BCUT2D eigenvalue weighted by atomic mass is 16.5. The smallest absolute Gasteiger partial charge is 0.127 e. The van der Waals surface area contributed by atoms with Gasteiger partial charge in [0.1, 0.15) is 11.4 Å². The molecule has 1 aromatic heterocycles. The summed E-state index contributed by atoms with van der Waals surface area (Å²) in [6, 6.07) is 8.50. The average molecular weight is 282 g/mol. The van der Waals surface area contributed by atoms with Gasteiger partial charge in [-0.3, -0.25) is 4.98 Å². The molecule has 0 atom stereocenters. The summed E-state index contributed by atoms with van der Waals surface area (Å²) in [7, 11) is 0. The number of hydrogen-bond acceptors (Lipinski definition) is 3. The van der Waals surface area contributed by atoms with Crippen molar-refractivity contribution in [3.8, 4) is 5.75 Å². The Kier molecular flexibility index (Phi) is 3.68. The molecule has 0 unspecified atom stereocenters. The molecule has 0 radical (unpaired) electrons. The van der Waals surface area contributed by atoms with Crippen LogP contribution in [0.2, 0.25) is 0 Å². The summed E-state index contributed by atoms with van der Waals surface area (Å²) < 4.78 is 6.10. The number of nitrogens with one attached hydrogen (secondary N) is 1. The number of ether oxygens (including phenoxy) is 1. The molecule has 110 valence electrons. The van der Waals surface area contributed by atoms with Gasteiger partial charge in [-0.15, -0.1) is 0 Å². The number of para-hydroxylation sites is 1. The van der Waals surface area contributed by atoms with Crippen molar-refractivity contribution >= 4 is 0 Å². The molecule has 3 rings (SSSR count). The third-order valence-electron chi connectivity index (χ3n) is 3.94. The van der Waals surface area contributed by atoms with Gasteiger partial charge in [0.25, 0.3) is 0 Å². The summed E-state index contributed by atoms with van der Waals surface area (Å²) in [5.74, 6) is 1.07. The fourth-order valence-electron chi connectivity index (χ4n) is 2.85. The molecule has 0 saturated heterocycles. The minimum Gasteiger partial charge on any atom is -0.487 e. The molecule has 1 aromatic carbocycles. The normalized spacial score (nSPS) is 15.6. The first kappa shape index (κ1) is 14.1. The number of nitrogens with zero attached hydrogens (tertiary/aromatic N) is 1. The van der Waals surface area contributed by atoms with Gasteiger partial charge in [0.05, 0.1) is 0 Å². The largest absolute Gasteiger partial charge is 0.487 e. The zero-order valence-corrected chi connectivity index (χ0v) is 12.9. The first-order chi connectivity index (χ1) is 10.1. The van der Waals surface area contributed by atoms with Gasteiger partial charge in [-0.25, -0.2) is 0 Å². The third kappa shape index (κ3) is 3.08. The highest BCUT2D eigenvalue weighted by Gasteiger charge is 2.31. The van der Waals surface area contributed by atoms with Crippen molar-refractivity contribution in [2.45, 2.75) is 45.9 Å². The fraction of sp³-hybridized carbons (Fsp3) is 0.389.